The van der Waals surface area contributed by atoms with Crippen molar-refractivity contribution in [1.29, 1.82) is 0 Å². The minimum atomic E-state index is -2.23. The zero-order chi connectivity index (χ0) is 50.5. The Balaban J connectivity index is 0.971. The second-order valence-electron chi connectivity index (χ2n) is 26.6. The highest BCUT2D eigenvalue weighted by Gasteiger charge is 2.87. The number of fused-ring (bicyclic) bond motifs is 8. The summed E-state index contributed by atoms with van der Waals surface area (Å²) in [6, 6.07) is 16.5. The third-order valence-corrected chi connectivity index (χ3v) is 24.8. The molecule has 10 heteroatoms. The lowest BCUT2D eigenvalue weighted by Gasteiger charge is -2.75. The minimum Gasteiger partial charge on any atom is -0.454 e. The van der Waals surface area contributed by atoms with Crippen molar-refractivity contribution in [2.75, 3.05) is 7.05 Å². The van der Waals surface area contributed by atoms with Gasteiger partial charge in [0.15, 0.2) is 0 Å². The molecule has 14 rings (SSSR count). The predicted octanol–water partition coefficient (Wildman–Crippen LogP) is 7.72. The van der Waals surface area contributed by atoms with Crippen molar-refractivity contribution in [2.45, 2.75) is 189 Å². The Hall–Kier alpha value is -3.40. The van der Waals surface area contributed by atoms with Gasteiger partial charge in [0.25, 0.3) is 0 Å². The van der Waals surface area contributed by atoms with Gasteiger partial charge in [-0.2, -0.15) is 0 Å². The number of aliphatic hydroxyl groups is 6. The summed E-state index contributed by atoms with van der Waals surface area (Å²) in [6.45, 7) is 2.21. The van der Waals surface area contributed by atoms with Gasteiger partial charge >= 0.3 is 5.97 Å². The molecule has 12 aliphatic rings. The molecule has 2 spiro atoms. The highest BCUT2D eigenvalue weighted by Crippen LogP contribution is 2.80. The molecular formula is C63H81NO9. The number of hydrogen-bond acceptors (Lipinski definition) is 10. The van der Waals surface area contributed by atoms with Crippen LogP contribution in [-0.2, 0) is 27.4 Å². The van der Waals surface area contributed by atoms with Gasteiger partial charge in [-0.1, -0.05) is 86.9 Å². The van der Waals surface area contributed by atoms with E-state index in [-0.39, 0.29) is 67.4 Å². The average Bonchev–Trinajstić information content (AvgIpc) is 4.20. The van der Waals surface area contributed by atoms with Crippen molar-refractivity contribution >= 4 is 12.3 Å². The Kier molecular flexibility index (Phi) is 11.8. The first-order chi connectivity index (χ1) is 35.2. The minimum absolute atomic E-state index is 0.0821. The largest absolute Gasteiger partial charge is 0.454 e. The molecule has 73 heavy (non-hydrogen) atoms. The standard InChI is InChI=1S/C63H81NO9/c1-36(37-11-6-7-12-37)40-18-21-49-56(68)58(25-22-42-27-41(19-20-48(42)58)38-13-4-3-5-14-38)34-60(35-66)52-23-26-59-24-9-8-15-39-16-10-17-43(33-65)45(39)30-51(64-2)46-28-44(54(59)47-31-53(67)73-55(46)47)32-61(59,70)63(52,72)57(69)50(29-40)62(49,60)71/h3-5,10,13-14,16-17,31,35-37,40-42,44,46,48-52,54-57,64-65,68-72H,6-7,9,11-12,18-30,32-34H2,1-2H3/t36-,40-,41+,42+,44-,46+,48+,49-,50+,51-,52+,54+,55+,56+,57-,58+,59+,60-,61+,62+,63+/m0/s1. The van der Waals surface area contributed by atoms with Crippen LogP contribution in [0.1, 0.15) is 157 Å². The van der Waals surface area contributed by atoms with Gasteiger partial charge in [0, 0.05) is 58.6 Å². The van der Waals surface area contributed by atoms with E-state index in [9.17, 15) is 35.4 Å². The van der Waals surface area contributed by atoms with Crippen LogP contribution in [0.3, 0.4) is 0 Å². The van der Waals surface area contributed by atoms with Crippen molar-refractivity contribution in [3.05, 3.63) is 82.4 Å². The number of esters is 1. The topological polar surface area (TPSA) is 177 Å². The summed E-state index contributed by atoms with van der Waals surface area (Å²) in [5, 5.41) is 85.4. The lowest BCUT2D eigenvalue weighted by atomic mass is 9.32. The van der Waals surface area contributed by atoms with E-state index in [2.05, 4.69) is 54.4 Å². The van der Waals surface area contributed by atoms with Crippen LogP contribution in [0.15, 0.2) is 60.2 Å². The molecule has 7 N–H and O–H groups in total. The fourth-order valence-corrected chi connectivity index (χ4v) is 21.8. The third-order valence-electron chi connectivity index (χ3n) is 24.8. The number of aldehydes is 1. The Morgan fingerprint density at radius 3 is 2.38 bits per heavy atom. The molecule has 11 aliphatic carbocycles. The Morgan fingerprint density at radius 1 is 0.822 bits per heavy atom. The van der Waals surface area contributed by atoms with Crippen LogP contribution in [-0.4, -0.2) is 91.1 Å². The van der Waals surface area contributed by atoms with E-state index in [1.54, 1.807) is 6.08 Å². The number of nitrogens with one attached hydrogen (secondary N) is 1. The van der Waals surface area contributed by atoms with Gasteiger partial charge in [-0.25, -0.2) is 4.79 Å². The summed E-state index contributed by atoms with van der Waals surface area (Å²) >= 11 is 0. The van der Waals surface area contributed by atoms with Crippen molar-refractivity contribution in [3.63, 3.8) is 0 Å². The zero-order valence-electron chi connectivity index (χ0n) is 43.3. The Morgan fingerprint density at radius 2 is 1.62 bits per heavy atom. The van der Waals surface area contributed by atoms with Crippen LogP contribution in [0.25, 0.3) is 0 Å². The van der Waals surface area contributed by atoms with E-state index in [1.807, 2.05) is 25.2 Å². The molecule has 2 aromatic rings. The summed E-state index contributed by atoms with van der Waals surface area (Å²) in [5.41, 5.74) is -4.51. The molecule has 9 saturated carbocycles. The third kappa shape index (κ3) is 6.49. The summed E-state index contributed by atoms with van der Waals surface area (Å²) in [7, 11) is 1.92. The first-order valence-electron chi connectivity index (χ1n) is 29.1. The lowest BCUT2D eigenvalue weighted by Crippen LogP contribution is -2.86. The van der Waals surface area contributed by atoms with E-state index < -0.39 is 75.1 Å². The fourth-order valence-electron chi connectivity index (χ4n) is 21.8. The number of aliphatic hydroxyl groups excluding tert-OH is 3. The van der Waals surface area contributed by atoms with Crippen LogP contribution >= 0.6 is 0 Å². The molecule has 0 saturated heterocycles. The van der Waals surface area contributed by atoms with Gasteiger partial charge in [0.2, 0.25) is 0 Å². The molecule has 21 atom stereocenters. The number of hydrogen-bond donors (Lipinski definition) is 7. The van der Waals surface area contributed by atoms with Gasteiger partial charge in [0.05, 0.1) is 29.8 Å². The fraction of sp³-hybridized carbons (Fsp3) is 0.714. The normalized spacial score (nSPS) is 48.9. The molecule has 392 valence electrons. The summed E-state index contributed by atoms with van der Waals surface area (Å²) in [6.07, 6.45) is 13.5. The molecule has 1 aliphatic heterocycles. The molecule has 10 nitrogen and oxygen atoms in total. The maximum atomic E-state index is 15.3. The molecule has 1 heterocycles. The first-order valence-corrected chi connectivity index (χ1v) is 29.1. The lowest BCUT2D eigenvalue weighted by molar-refractivity contribution is -0.385. The maximum Gasteiger partial charge on any atom is 0.331 e. The Bertz CT molecular complexity index is 2600. The quantitative estimate of drug-likeness (QED) is 0.0863. The van der Waals surface area contributed by atoms with Gasteiger partial charge in [-0.05, 0) is 179 Å². The van der Waals surface area contributed by atoms with Crippen LogP contribution in [0.4, 0.5) is 0 Å². The SMILES string of the molecule is CN[C@H]1Cc2c(cccc2CO)C#CCC[C@]23CC[C@H]4[C@@](O)([C@@H](O)[C@H]5C[C@@H]([C@@H](C)C6CCCC6)CC[C@H]6[C@@H](O)[C@]7(CC[C@@H]8C[C@H](c9ccccc9)CC[C@H]87)C[C@@]4(C=O)[C@]56O)[C@@]2(O)C[C@@H]2C[C@H]1[C@H]1OC(=O)C=C1[C@@H]23. The van der Waals surface area contributed by atoms with Crippen LogP contribution < -0.4 is 5.32 Å². The van der Waals surface area contributed by atoms with Gasteiger partial charge in [-0.15, -0.1) is 0 Å². The van der Waals surface area contributed by atoms with Gasteiger partial charge in [0.1, 0.15) is 23.6 Å². The van der Waals surface area contributed by atoms with E-state index in [4.69, 9.17) is 4.74 Å². The predicted molar refractivity (Wildman–Crippen MR) is 275 cm³/mol. The molecule has 0 aromatic heterocycles. The number of likely N-dealkylation sites (N-methyl/N-ethyl adjacent to an activating group) is 1. The van der Waals surface area contributed by atoms with E-state index in [1.165, 1.54) is 18.4 Å². The molecule has 4 bridgehead atoms. The molecule has 2 aromatic carbocycles. The van der Waals surface area contributed by atoms with Crippen LogP contribution in [0, 0.1) is 93.2 Å². The number of carbonyl (C=O) groups is 2. The molecular weight excluding hydrogens is 915 g/mol. The molecule has 9 fully saturated rings. The number of ether oxygens (including phenoxy) is 1. The van der Waals surface area contributed by atoms with Crippen LogP contribution in [0.2, 0.25) is 0 Å². The average molecular weight is 996 g/mol. The number of carbonyl (C=O) groups excluding carboxylic acids is 2. The van der Waals surface area contributed by atoms with Gasteiger partial charge < -0.3 is 45.5 Å². The second-order valence-corrected chi connectivity index (χ2v) is 26.6. The number of benzene rings is 2. The highest BCUT2D eigenvalue weighted by molar-refractivity contribution is 5.86. The summed E-state index contributed by atoms with van der Waals surface area (Å²) in [4.78, 5) is 29.0. The Labute approximate surface area is 432 Å². The summed E-state index contributed by atoms with van der Waals surface area (Å²) in [5.74, 6) is 4.90. The van der Waals surface area contributed by atoms with Crippen molar-refractivity contribution in [2.24, 2.45) is 81.3 Å². The molecule has 0 amide bonds. The second kappa shape index (κ2) is 17.6. The summed E-state index contributed by atoms with van der Waals surface area (Å²) < 4.78 is 6.35. The molecule has 0 unspecified atom stereocenters. The smallest absolute Gasteiger partial charge is 0.331 e. The zero-order valence-corrected chi connectivity index (χ0v) is 43.3. The van der Waals surface area contributed by atoms with Crippen LogP contribution in [0.5, 0.6) is 0 Å². The monoisotopic (exact) mass is 996 g/mol. The van der Waals surface area contributed by atoms with Crippen molar-refractivity contribution < 1.29 is 45.0 Å². The van der Waals surface area contributed by atoms with E-state index in [0.29, 0.717) is 62.7 Å². The van der Waals surface area contributed by atoms with E-state index in [0.717, 1.165) is 79.9 Å². The molecule has 0 radical (unpaired) electrons. The van der Waals surface area contributed by atoms with Gasteiger partial charge in [-0.3, -0.25) is 0 Å². The van der Waals surface area contributed by atoms with E-state index >= 15 is 4.79 Å². The number of rotatable bonds is 6. The van der Waals surface area contributed by atoms with Crippen molar-refractivity contribution in [1.82, 2.24) is 5.32 Å². The van der Waals surface area contributed by atoms with Crippen molar-refractivity contribution in [3.8, 4) is 11.8 Å². The first kappa shape index (κ1) is 49.2. The maximum absolute atomic E-state index is 15.3. The highest BCUT2D eigenvalue weighted by atomic mass is 16.5.